The van der Waals surface area contributed by atoms with Gasteiger partial charge < -0.3 is 74.6 Å². The Morgan fingerprint density at radius 2 is 1.60 bits per heavy atom. The predicted octanol–water partition coefficient (Wildman–Crippen LogP) is 7.11. The lowest BCUT2D eigenvalue weighted by Gasteiger charge is -2.69. The molecule has 3 aromatic heterocycles. The van der Waals surface area contributed by atoms with Crippen LogP contribution in [0.25, 0.3) is 21.3 Å². The maximum absolute atomic E-state index is 13.8. The molecule has 9 N–H and O–H groups in total. The Bertz CT molecular complexity index is 3800. The molecular formula is C69H85N9O17S. The van der Waals surface area contributed by atoms with Crippen molar-refractivity contribution in [2.24, 2.45) is 22.0 Å². The van der Waals surface area contributed by atoms with E-state index in [1.165, 1.54) is 23.5 Å². The summed E-state index contributed by atoms with van der Waals surface area (Å²) >= 11 is 1.41. The molecule has 514 valence electrons. The van der Waals surface area contributed by atoms with Crippen molar-refractivity contribution in [1.29, 1.82) is 0 Å². The van der Waals surface area contributed by atoms with Gasteiger partial charge in [-0.05, 0) is 148 Å². The first-order chi connectivity index (χ1) is 46.0. The van der Waals surface area contributed by atoms with Gasteiger partial charge in [-0.3, -0.25) is 24.5 Å². The number of aliphatic hydroxyl groups is 3. The summed E-state index contributed by atoms with van der Waals surface area (Å²) in [7, 11) is 0. The second kappa shape index (κ2) is 28.3. The summed E-state index contributed by atoms with van der Waals surface area (Å²) < 4.78 is 38.6. The lowest BCUT2D eigenvalue weighted by molar-refractivity contribution is -0.271. The second-order valence-corrected chi connectivity index (χ2v) is 28.6. The van der Waals surface area contributed by atoms with Gasteiger partial charge in [0, 0.05) is 92.3 Å². The van der Waals surface area contributed by atoms with Crippen molar-refractivity contribution >= 4 is 62.4 Å². The van der Waals surface area contributed by atoms with E-state index in [1.807, 2.05) is 71.1 Å². The first kappa shape index (κ1) is 68.1. The molecule has 7 aliphatic rings. The van der Waals surface area contributed by atoms with E-state index in [0.717, 1.165) is 65.6 Å². The van der Waals surface area contributed by atoms with Crippen LogP contribution in [0.1, 0.15) is 121 Å². The zero-order chi connectivity index (χ0) is 67.7. The molecule has 4 aliphatic carbocycles. The summed E-state index contributed by atoms with van der Waals surface area (Å²) in [5.74, 6) is -3.07. The number of carboxylic acid groups (broad SMARTS) is 3. The fourth-order valence-corrected chi connectivity index (χ4v) is 17.8. The highest BCUT2D eigenvalue weighted by atomic mass is 32.1. The van der Waals surface area contributed by atoms with Gasteiger partial charge in [0.15, 0.2) is 16.9 Å². The number of aliphatic carboxylic acids is 2. The number of carboxylic acids is 3. The number of aliphatic hydroxyl groups excluding tert-OH is 3. The van der Waals surface area contributed by atoms with Gasteiger partial charge in [0.25, 0.3) is 5.91 Å². The molecule has 3 aliphatic heterocycles. The minimum Gasteiger partial charge on any atom is -0.491 e. The van der Waals surface area contributed by atoms with Crippen molar-refractivity contribution in [3.8, 4) is 22.6 Å². The predicted molar refractivity (Wildman–Crippen MR) is 351 cm³/mol. The van der Waals surface area contributed by atoms with Gasteiger partial charge in [-0.1, -0.05) is 49.4 Å². The van der Waals surface area contributed by atoms with Crippen molar-refractivity contribution < 1.29 is 83.0 Å². The first-order valence-corrected chi connectivity index (χ1v) is 33.8. The normalized spacial score (nSPS) is 26.2. The Balaban J connectivity index is 0.678. The Morgan fingerprint density at radius 1 is 0.823 bits per heavy atom. The van der Waals surface area contributed by atoms with Crippen LogP contribution in [0.5, 0.6) is 11.5 Å². The Labute approximate surface area is 559 Å². The number of anilines is 2. The maximum atomic E-state index is 13.8. The summed E-state index contributed by atoms with van der Waals surface area (Å²) in [5, 5.41) is 69.5. The van der Waals surface area contributed by atoms with Crippen molar-refractivity contribution in [2.45, 2.75) is 153 Å². The van der Waals surface area contributed by atoms with Gasteiger partial charge >= 0.3 is 24.0 Å². The highest BCUT2D eigenvalue weighted by Gasteiger charge is 2.66. The molecule has 2 unspecified atom stereocenters. The third-order valence-electron chi connectivity index (χ3n) is 20.0. The van der Waals surface area contributed by atoms with Crippen LogP contribution in [0.3, 0.4) is 0 Å². The molecule has 27 heteroatoms. The van der Waals surface area contributed by atoms with E-state index >= 15 is 0 Å². The number of rotatable bonds is 27. The van der Waals surface area contributed by atoms with Gasteiger partial charge in [0.05, 0.1) is 41.8 Å². The van der Waals surface area contributed by atoms with E-state index in [-0.39, 0.29) is 71.6 Å². The Hall–Kier alpha value is -7.86. The molecule has 0 radical (unpaired) electrons. The SMILES string of the molecule is Cc1c(-c2ccc(N3CCc4cccc(C(=O)Nc5nc6ccccc6s5)c4C3)nc2C(=O)O)cnn1CC12CC3(C)CC(C)(C1)CC(OCCN(CCCC(=O)O)C1CCN(C(=O)OCc4ccc(O[C@@H]5O[C@H](C(=O)O)[C@@H](O)[C@H](O)[C@H]5O)cc4OCCOCCN)CC1)(C3)C2. The standard InChI is InChI=1S/C69H85N9O17S/c1-41-48(46-15-16-53(73-55(46)61(85)86)77-22-17-42-8-6-9-47(49(42)32-77)60(84)74-64-72-50-10-4-5-11-52(50)96-64)31-71-78(41)40-68-35-66(2)34-67(3,36-68)38-69(37-66,39-68)93-27-25-75(21-7-12-54(79)80)44-18-23-76(24-19-44)65(89)92-33-43-13-14-45(30-51(43)91-29-28-90-26-20-70)94-63-58(83)56(81)57(82)59(95-63)62(87)88/h4-6,8-11,13-16,30-31,44,56-59,63,81-83H,7,12,17-29,32-40,70H2,1-3H3,(H,79,80)(H,85,86)(H,87,88)(H,72,74,84)/t56-,57-,58+,59-,63+,66?,67?,68?,69?/m0/s1. The fraction of sp³-hybridized carbons (Fsp3) is 0.536. The second-order valence-electron chi connectivity index (χ2n) is 27.6. The topological polar surface area (TPSA) is 353 Å². The summed E-state index contributed by atoms with van der Waals surface area (Å²) in [6.07, 6.45) is 0.186. The molecule has 4 saturated carbocycles. The molecule has 26 nitrogen and oxygen atoms in total. The molecule has 4 bridgehead atoms. The van der Waals surface area contributed by atoms with Crippen LogP contribution in [0.4, 0.5) is 15.7 Å². The van der Waals surface area contributed by atoms with Gasteiger partial charge in [0.1, 0.15) is 48.8 Å². The molecule has 3 aromatic carbocycles. The molecule has 6 aromatic rings. The number of aromatic nitrogens is 4. The van der Waals surface area contributed by atoms with Gasteiger partial charge in [-0.15, -0.1) is 0 Å². The van der Waals surface area contributed by atoms with Crippen molar-refractivity contribution in [1.82, 2.24) is 29.5 Å². The molecule has 2 saturated heterocycles. The molecule has 6 fully saturated rings. The van der Waals surface area contributed by atoms with E-state index in [9.17, 15) is 54.6 Å². The monoisotopic (exact) mass is 1340 g/mol. The van der Waals surface area contributed by atoms with E-state index < -0.39 is 60.3 Å². The number of likely N-dealkylation sites (tertiary alicyclic amines) is 1. The van der Waals surface area contributed by atoms with E-state index in [0.29, 0.717) is 124 Å². The number of pyridine rings is 1. The van der Waals surface area contributed by atoms with Crippen molar-refractivity contribution in [2.75, 3.05) is 75.9 Å². The van der Waals surface area contributed by atoms with Gasteiger partial charge in [0.2, 0.25) is 6.29 Å². The third kappa shape index (κ3) is 14.8. The number of thiazole rings is 1. The molecule has 96 heavy (non-hydrogen) atoms. The molecular weight excluding hydrogens is 1260 g/mol. The number of hydrogen-bond acceptors (Lipinski definition) is 21. The van der Waals surface area contributed by atoms with Crippen LogP contribution < -0.4 is 25.4 Å². The number of ether oxygens (including phenoxy) is 6. The van der Waals surface area contributed by atoms with Crippen LogP contribution in [-0.2, 0) is 54.7 Å². The van der Waals surface area contributed by atoms with Crippen LogP contribution in [-0.4, -0.2) is 198 Å². The highest BCUT2D eigenvalue weighted by molar-refractivity contribution is 7.22. The van der Waals surface area contributed by atoms with Gasteiger partial charge in [-0.25, -0.2) is 24.4 Å². The van der Waals surface area contributed by atoms with Gasteiger partial charge in [-0.2, -0.15) is 5.10 Å². The van der Waals surface area contributed by atoms with E-state index in [1.54, 1.807) is 17.2 Å². The van der Waals surface area contributed by atoms with Crippen LogP contribution in [0.15, 0.2) is 79.0 Å². The summed E-state index contributed by atoms with van der Waals surface area (Å²) in [6.45, 7) is 11.3. The average molecular weight is 1340 g/mol. The molecule has 2 amide bonds. The number of nitrogens with one attached hydrogen (secondary N) is 1. The third-order valence-corrected chi connectivity index (χ3v) is 21.0. The number of carbonyl (C=O) groups excluding carboxylic acids is 2. The minimum absolute atomic E-state index is 0.00887. The molecule has 0 spiro atoms. The number of nitrogens with zero attached hydrogens (tertiary/aromatic N) is 7. The maximum Gasteiger partial charge on any atom is 0.410 e. The number of nitrogens with two attached hydrogens (primary N) is 1. The number of benzene rings is 3. The lowest BCUT2D eigenvalue weighted by atomic mass is 9.39. The number of amides is 2. The zero-order valence-corrected chi connectivity index (χ0v) is 55.0. The smallest absolute Gasteiger partial charge is 0.410 e. The van der Waals surface area contributed by atoms with E-state index in [2.05, 4.69) is 29.0 Å². The quantitative estimate of drug-likeness (QED) is 0.0238. The fourth-order valence-electron chi connectivity index (χ4n) is 16.9. The number of aromatic carboxylic acids is 1. The average Bonchev–Trinajstić information content (AvgIpc) is 0.729. The Morgan fingerprint density at radius 3 is 2.34 bits per heavy atom. The van der Waals surface area contributed by atoms with Crippen molar-refractivity contribution in [3.05, 3.63) is 113 Å². The zero-order valence-electron chi connectivity index (χ0n) is 54.2. The van der Waals surface area contributed by atoms with Crippen molar-refractivity contribution in [3.63, 3.8) is 0 Å². The highest BCUT2D eigenvalue weighted by Crippen LogP contribution is 2.72. The van der Waals surface area contributed by atoms with Crippen LogP contribution in [0, 0.1) is 23.2 Å². The Kier molecular flexibility index (Phi) is 20.1. The molecule has 7 atom stereocenters. The molecule has 6 heterocycles. The minimum atomic E-state index is -1.90. The number of para-hydroxylation sites is 1. The number of fused-ring (bicyclic) bond motifs is 2. The number of piperidine rings is 1. The van der Waals surface area contributed by atoms with Crippen LogP contribution >= 0.6 is 11.3 Å². The largest absolute Gasteiger partial charge is 0.491 e. The summed E-state index contributed by atoms with van der Waals surface area (Å²) in [6, 6.07) is 21.7. The van der Waals surface area contributed by atoms with Crippen LogP contribution in [0.2, 0.25) is 0 Å². The summed E-state index contributed by atoms with van der Waals surface area (Å²) in [4.78, 5) is 79.7. The molecule has 13 rings (SSSR count). The number of carbonyl (C=O) groups is 5. The first-order valence-electron chi connectivity index (χ1n) is 33.0. The van der Waals surface area contributed by atoms with E-state index in [4.69, 9.17) is 44.2 Å². The summed E-state index contributed by atoms with van der Waals surface area (Å²) in [5.41, 5.74) is 10.7. The number of hydrogen-bond donors (Lipinski definition) is 8. The lowest BCUT2D eigenvalue weighted by Crippen LogP contribution is -2.64.